The Morgan fingerprint density at radius 3 is 1.59 bits per heavy atom. The molecule has 1 nitrogen and oxygen atoms in total. The average molecular weight is 287 g/mol. The van der Waals surface area contributed by atoms with Gasteiger partial charge >= 0.3 is 0 Å². The smallest absolute Gasteiger partial charge is 0.0316 e. The van der Waals surface area contributed by atoms with Gasteiger partial charge < -0.3 is 5.73 Å². The molecule has 1 heteroatoms. The van der Waals surface area contributed by atoms with Crippen molar-refractivity contribution in [3.63, 3.8) is 0 Å². The molecule has 0 fully saturated rings. The molecule has 0 spiro atoms. The molecule has 0 saturated carbocycles. The van der Waals surface area contributed by atoms with E-state index in [-0.39, 0.29) is 0 Å². The Bertz CT molecular complexity index is 656. The number of hydrogen-bond donors (Lipinski definition) is 1. The van der Waals surface area contributed by atoms with Crippen molar-refractivity contribution in [2.75, 3.05) is 5.73 Å². The van der Waals surface area contributed by atoms with E-state index in [9.17, 15) is 0 Å². The second-order valence-corrected chi connectivity index (χ2v) is 5.12. The zero-order chi connectivity index (χ0) is 15.8. The summed E-state index contributed by atoms with van der Waals surface area (Å²) in [6, 6.07) is 28.3. The van der Waals surface area contributed by atoms with Gasteiger partial charge in [0.1, 0.15) is 0 Å². The van der Waals surface area contributed by atoms with E-state index in [4.69, 9.17) is 5.73 Å². The summed E-state index contributed by atoms with van der Waals surface area (Å²) >= 11 is 0. The lowest BCUT2D eigenvalue weighted by Crippen LogP contribution is -1.84. The van der Waals surface area contributed by atoms with E-state index >= 15 is 0 Å². The lowest BCUT2D eigenvalue weighted by molar-refractivity contribution is 1.47. The first kappa shape index (κ1) is 15.6. The van der Waals surface area contributed by atoms with E-state index in [0.717, 1.165) is 11.3 Å². The molecule has 0 amide bonds. The Labute approximate surface area is 132 Å². The van der Waals surface area contributed by atoms with Crippen LogP contribution in [0.15, 0.2) is 91.5 Å². The third kappa shape index (κ3) is 4.64. The molecule has 110 valence electrons. The van der Waals surface area contributed by atoms with Crippen molar-refractivity contribution < 1.29 is 0 Å². The van der Waals surface area contributed by atoms with Gasteiger partial charge in [0.2, 0.25) is 0 Å². The highest BCUT2D eigenvalue weighted by Gasteiger charge is 1.99. The first-order chi connectivity index (χ1) is 10.7. The molecule has 0 bridgehead atoms. The molecule has 0 aliphatic carbocycles. The van der Waals surface area contributed by atoms with E-state index in [1.807, 2.05) is 67.6 Å². The number of aryl methyl sites for hydroxylation is 1. The summed E-state index contributed by atoms with van der Waals surface area (Å²) < 4.78 is 0. The number of anilines is 1. The molecule has 0 unspecified atom stereocenters. The van der Waals surface area contributed by atoms with Crippen LogP contribution in [0.5, 0.6) is 0 Å². The van der Waals surface area contributed by atoms with E-state index in [1.54, 1.807) is 0 Å². The quantitative estimate of drug-likeness (QED) is 0.634. The van der Waals surface area contributed by atoms with Gasteiger partial charge in [-0.05, 0) is 41.3 Å². The highest BCUT2D eigenvalue weighted by Crippen LogP contribution is 2.20. The fourth-order valence-corrected chi connectivity index (χ4v) is 2.12. The summed E-state index contributed by atoms with van der Waals surface area (Å²) in [5, 5.41) is 0. The minimum Gasteiger partial charge on any atom is -0.399 e. The molecule has 3 aromatic rings. The first-order valence-electron chi connectivity index (χ1n) is 7.28. The van der Waals surface area contributed by atoms with Gasteiger partial charge in [-0.25, -0.2) is 0 Å². The Morgan fingerprint density at radius 1 is 0.727 bits per heavy atom. The van der Waals surface area contributed by atoms with E-state index in [2.05, 4.69) is 30.8 Å². The maximum absolute atomic E-state index is 5.46. The van der Waals surface area contributed by atoms with Gasteiger partial charge in [-0.3, -0.25) is 0 Å². The first-order valence-corrected chi connectivity index (χ1v) is 7.28. The fraction of sp³-hybridized carbons (Fsp3) is 0.0476. The number of nitrogen functional groups attached to an aromatic ring is 1. The summed E-state index contributed by atoms with van der Waals surface area (Å²) in [5.74, 6) is 0. The third-order valence-corrected chi connectivity index (χ3v) is 3.29. The Balaban J connectivity index is 0.000000188. The predicted octanol–water partition coefficient (Wildman–Crippen LogP) is 5.33. The van der Waals surface area contributed by atoms with Gasteiger partial charge in [-0.2, -0.15) is 0 Å². The maximum atomic E-state index is 5.46. The summed E-state index contributed by atoms with van der Waals surface area (Å²) in [7, 11) is 0. The second kappa shape index (κ2) is 7.84. The van der Waals surface area contributed by atoms with E-state index < -0.39 is 0 Å². The topological polar surface area (TPSA) is 26.0 Å². The summed E-state index contributed by atoms with van der Waals surface area (Å²) in [6.07, 6.45) is 0. The van der Waals surface area contributed by atoms with Crippen molar-refractivity contribution in [1.82, 2.24) is 0 Å². The van der Waals surface area contributed by atoms with Crippen LogP contribution in [0.3, 0.4) is 0 Å². The average Bonchev–Trinajstić information content (AvgIpc) is 2.56. The van der Waals surface area contributed by atoms with Crippen LogP contribution in [-0.2, 0) is 0 Å². The maximum Gasteiger partial charge on any atom is 0.0316 e. The summed E-state index contributed by atoms with van der Waals surface area (Å²) in [6.45, 7) is 6.12. The molecular formula is C21H21N. The highest BCUT2D eigenvalue weighted by atomic mass is 14.5. The monoisotopic (exact) mass is 287 g/mol. The van der Waals surface area contributed by atoms with Crippen molar-refractivity contribution >= 4 is 11.3 Å². The van der Waals surface area contributed by atoms with Gasteiger partial charge in [-0.1, -0.05) is 79.4 Å². The lowest BCUT2D eigenvalue weighted by atomic mass is 10.0. The van der Waals surface area contributed by atoms with Crippen molar-refractivity contribution in [2.45, 2.75) is 6.92 Å². The zero-order valence-electron chi connectivity index (χ0n) is 12.9. The summed E-state index contributed by atoms with van der Waals surface area (Å²) in [5.41, 5.74) is 10.9. The molecule has 0 aliphatic rings. The molecule has 3 rings (SSSR count). The fourth-order valence-electron chi connectivity index (χ4n) is 2.12. The minimum absolute atomic E-state index is 0.838. The lowest BCUT2D eigenvalue weighted by Gasteiger charge is -2.04. The molecular weight excluding hydrogens is 266 g/mol. The molecule has 3 aromatic carbocycles. The van der Waals surface area contributed by atoms with Crippen molar-refractivity contribution in [3.05, 3.63) is 108 Å². The van der Waals surface area contributed by atoms with Gasteiger partial charge in [0, 0.05) is 5.69 Å². The van der Waals surface area contributed by atoms with Crippen LogP contribution in [0.2, 0.25) is 0 Å². The Morgan fingerprint density at radius 2 is 1.23 bits per heavy atom. The number of hydrogen-bond acceptors (Lipinski definition) is 1. The largest absolute Gasteiger partial charge is 0.399 e. The van der Waals surface area contributed by atoms with Crippen LogP contribution in [0.1, 0.15) is 16.7 Å². The van der Waals surface area contributed by atoms with Gasteiger partial charge in [-0.15, -0.1) is 0 Å². The normalized spacial score (nSPS) is 9.50. The molecule has 0 atom stereocenters. The third-order valence-electron chi connectivity index (χ3n) is 3.29. The van der Waals surface area contributed by atoms with Gasteiger partial charge in [0.05, 0.1) is 0 Å². The SMILES string of the molecule is C=C(c1ccccc1)c1ccccc1.Cc1cccc(N)c1. The second-order valence-electron chi connectivity index (χ2n) is 5.12. The van der Waals surface area contributed by atoms with Crippen LogP contribution in [0.25, 0.3) is 5.57 Å². The molecule has 22 heavy (non-hydrogen) atoms. The van der Waals surface area contributed by atoms with Crippen molar-refractivity contribution in [1.29, 1.82) is 0 Å². The minimum atomic E-state index is 0.838. The summed E-state index contributed by atoms with van der Waals surface area (Å²) in [4.78, 5) is 0. The van der Waals surface area contributed by atoms with E-state index in [0.29, 0.717) is 0 Å². The molecule has 0 saturated heterocycles. The number of benzene rings is 3. The standard InChI is InChI=1S/C14H12.C7H9N/c1-12(13-8-4-2-5-9-13)14-10-6-3-7-11-14;1-6-3-2-4-7(8)5-6/h2-11H,1H2;2-5H,8H2,1H3. The molecule has 0 radical (unpaired) electrons. The van der Waals surface area contributed by atoms with Crippen molar-refractivity contribution in [3.8, 4) is 0 Å². The van der Waals surface area contributed by atoms with Gasteiger partial charge in [0.25, 0.3) is 0 Å². The Hall–Kier alpha value is -2.80. The number of nitrogens with two attached hydrogens (primary N) is 1. The van der Waals surface area contributed by atoms with Crippen LogP contribution >= 0.6 is 0 Å². The van der Waals surface area contributed by atoms with E-state index in [1.165, 1.54) is 16.7 Å². The highest BCUT2D eigenvalue weighted by molar-refractivity contribution is 5.77. The van der Waals surface area contributed by atoms with Crippen LogP contribution in [-0.4, -0.2) is 0 Å². The van der Waals surface area contributed by atoms with Crippen LogP contribution < -0.4 is 5.73 Å². The molecule has 0 aromatic heterocycles. The molecule has 2 N–H and O–H groups in total. The predicted molar refractivity (Wildman–Crippen MR) is 96.6 cm³/mol. The van der Waals surface area contributed by atoms with Crippen LogP contribution in [0, 0.1) is 6.92 Å². The zero-order valence-corrected chi connectivity index (χ0v) is 12.9. The van der Waals surface area contributed by atoms with Crippen molar-refractivity contribution in [2.24, 2.45) is 0 Å². The molecule has 0 heterocycles. The Kier molecular flexibility index (Phi) is 5.56. The molecule has 0 aliphatic heterocycles. The number of rotatable bonds is 2. The van der Waals surface area contributed by atoms with Crippen LogP contribution in [0.4, 0.5) is 5.69 Å². The van der Waals surface area contributed by atoms with Gasteiger partial charge in [0.15, 0.2) is 0 Å².